The highest BCUT2D eigenvalue weighted by molar-refractivity contribution is 6.02. The summed E-state index contributed by atoms with van der Waals surface area (Å²) in [6.07, 6.45) is 1.65. The second-order valence-corrected chi connectivity index (χ2v) is 10.4. The van der Waals surface area contributed by atoms with Gasteiger partial charge in [-0.3, -0.25) is 4.79 Å². The van der Waals surface area contributed by atoms with Crippen molar-refractivity contribution in [3.63, 3.8) is 0 Å². The van der Waals surface area contributed by atoms with E-state index in [1.807, 2.05) is 24.3 Å². The highest BCUT2D eigenvalue weighted by atomic mass is 16.7. The van der Waals surface area contributed by atoms with Gasteiger partial charge in [-0.25, -0.2) is 0 Å². The molecule has 3 aromatic carbocycles. The number of likely N-dealkylation sites (N-methyl/N-ethyl adjacent to an activating group) is 2. The molecule has 1 saturated carbocycles. The van der Waals surface area contributed by atoms with E-state index in [-0.39, 0.29) is 12.7 Å². The normalized spacial score (nSPS) is 14.9. The second kappa shape index (κ2) is 9.94. The Morgan fingerprint density at radius 2 is 1.68 bits per heavy atom. The van der Waals surface area contributed by atoms with Crippen molar-refractivity contribution in [3.05, 3.63) is 83.9 Å². The summed E-state index contributed by atoms with van der Waals surface area (Å²) < 4.78 is 11.0. The number of amides is 1. The molecular formula is C31H35N3O3. The molecule has 1 aliphatic carbocycles. The molecule has 0 atom stereocenters. The van der Waals surface area contributed by atoms with Gasteiger partial charge in [-0.15, -0.1) is 0 Å². The van der Waals surface area contributed by atoms with Crippen molar-refractivity contribution in [2.45, 2.75) is 25.2 Å². The molecule has 6 heteroatoms. The lowest BCUT2D eigenvalue weighted by atomic mass is 9.94. The Labute approximate surface area is 219 Å². The quantitative estimate of drug-likeness (QED) is 0.422. The van der Waals surface area contributed by atoms with Crippen LogP contribution >= 0.6 is 0 Å². The summed E-state index contributed by atoms with van der Waals surface area (Å²) in [5.74, 6) is 1.47. The van der Waals surface area contributed by atoms with Gasteiger partial charge in [-0.05, 0) is 85.9 Å². The van der Waals surface area contributed by atoms with E-state index in [1.165, 1.54) is 0 Å². The molecule has 1 N–H and O–H groups in total. The van der Waals surface area contributed by atoms with Crippen LogP contribution in [0.1, 0.15) is 29.5 Å². The maximum atomic E-state index is 13.4. The molecule has 192 valence electrons. The van der Waals surface area contributed by atoms with Gasteiger partial charge in [-0.2, -0.15) is 0 Å². The zero-order valence-corrected chi connectivity index (χ0v) is 22.1. The lowest BCUT2D eigenvalue weighted by molar-refractivity contribution is -0.118. The van der Waals surface area contributed by atoms with Gasteiger partial charge in [0.25, 0.3) is 0 Å². The minimum Gasteiger partial charge on any atom is -0.454 e. The molecule has 0 radical (unpaired) electrons. The minimum atomic E-state index is -0.507. The van der Waals surface area contributed by atoms with Crippen molar-refractivity contribution in [3.8, 4) is 22.6 Å². The summed E-state index contributed by atoms with van der Waals surface area (Å²) in [7, 11) is 6.23. The Bertz CT molecular complexity index is 1330. The van der Waals surface area contributed by atoms with Crippen molar-refractivity contribution in [2.75, 3.05) is 46.3 Å². The van der Waals surface area contributed by atoms with Crippen LogP contribution in [-0.2, 0) is 10.2 Å². The molecule has 0 unspecified atom stereocenters. The average Bonchev–Trinajstić information content (AvgIpc) is 3.58. The molecule has 0 bridgehead atoms. The van der Waals surface area contributed by atoms with Gasteiger partial charge in [0.1, 0.15) is 0 Å². The summed E-state index contributed by atoms with van der Waals surface area (Å²) in [5.41, 5.74) is 6.75. The topological polar surface area (TPSA) is 54.0 Å². The number of carbonyl (C=O) groups is 1. The van der Waals surface area contributed by atoms with E-state index in [2.05, 4.69) is 86.2 Å². The molecule has 2 aliphatic rings. The summed E-state index contributed by atoms with van der Waals surface area (Å²) in [6, 6.07) is 20.4. The molecule has 5 rings (SSSR count). The molecule has 0 saturated heterocycles. The summed E-state index contributed by atoms with van der Waals surface area (Å²) in [5, 5.41) is 3.18. The fourth-order valence-electron chi connectivity index (χ4n) is 4.78. The predicted octanol–water partition coefficient (Wildman–Crippen LogP) is 5.53. The van der Waals surface area contributed by atoms with Crippen LogP contribution in [0, 0.1) is 6.92 Å². The molecule has 1 aliphatic heterocycles. The van der Waals surface area contributed by atoms with Crippen LogP contribution < -0.4 is 14.8 Å². The van der Waals surface area contributed by atoms with E-state index in [0.717, 1.165) is 70.9 Å². The van der Waals surface area contributed by atoms with E-state index in [9.17, 15) is 4.79 Å². The number of carbonyl (C=O) groups excluding carboxylic acids is 1. The van der Waals surface area contributed by atoms with Crippen molar-refractivity contribution in [1.82, 2.24) is 9.80 Å². The number of benzene rings is 3. The lowest BCUT2D eigenvalue weighted by Gasteiger charge is -2.24. The first kappa shape index (κ1) is 24.9. The first-order chi connectivity index (χ1) is 17.8. The largest absolute Gasteiger partial charge is 0.454 e. The Morgan fingerprint density at radius 3 is 2.38 bits per heavy atom. The predicted molar refractivity (Wildman–Crippen MR) is 149 cm³/mol. The number of hydrogen-bond donors (Lipinski definition) is 1. The minimum absolute atomic E-state index is 0.0218. The van der Waals surface area contributed by atoms with Crippen LogP contribution in [0.4, 0.5) is 5.69 Å². The van der Waals surface area contributed by atoms with Crippen molar-refractivity contribution in [1.29, 1.82) is 0 Å². The van der Waals surface area contributed by atoms with Gasteiger partial charge < -0.3 is 24.6 Å². The molecule has 37 heavy (non-hydrogen) atoms. The van der Waals surface area contributed by atoms with Crippen LogP contribution in [0.2, 0.25) is 0 Å². The molecule has 6 nitrogen and oxygen atoms in total. The Hall–Kier alpha value is -3.77. The van der Waals surface area contributed by atoms with Gasteiger partial charge in [0, 0.05) is 31.5 Å². The third-order valence-electron chi connectivity index (χ3n) is 7.48. The number of fused-ring (bicyclic) bond motifs is 1. The monoisotopic (exact) mass is 497 g/mol. The lowest BCUT2D eigenvalue weighted by Crippen LogP contribution is -2.27. The third-order valence-corrected chi connectivity index (χ3v) is 7.48. The fourth-order valence-corrected chi connectivity index (χ4v) is 4.78. The number of nitrogens with zero attached hydrogens (tertiary/aromatic N) is 2. The van der Waals surface area contributed by atoms with E-state index in [0.29, 0.717) is 5.75 Å². The van der Waals surface area contributed by atoms with Crippen LogP contribution in [0.3, 0.4) is 0 Å². The van der Waals surface area contributed by atoms with E-state index in [1.54, 1.807) is 0 Å². The SMILES string of the molecule is C=C(c1ccc(-c2cc(NC(=O)C3(c4ccc5c(c4)OCO5)CC3)ccc2C)cc1)N(C)CCN(C)C. The molecule has 1 amide bonds. The van der Waals surface area contributed by atoms with Gasteiger partial charge in [0.15, 0.2) is 11.5 Å². The first-order valence-electron chi connectivity index (χ1n) is 12.7. The summed E-state index contributed by atoms with van der Waals surface area (Å²) in [4.78, 5) is 17.8. The number of aryl methyl sites for hydroxylation is 1. The number of ether oxygens (including phenoxy) is 2. The van der Waals surface area contributed by atoms with Crippen molar-refractivity contribution >= 4 is 17.3 Å². The number of rotatable bonds is 9. The third kappa shape index (κ3) is 5.07. The van der Waals surface area contributed by atoms with Gasteiger partial charge in [-0.1, -0.05) is 43.0 Å². The van der Waals surface area contributed by atoms with Gasteiger partial charge in [0.05, 0.1) is 5.41 Å². The molecule has 1 heterocycles. The number of anilines is 1. The Kier molecular flexibility index (Phi) is 6.69. The molecule has 0 aromatic heterocycles. The summed E-state index contributed by atoms with van der Waals surface area (Å²) >= 11 is 0. The van der Waals surface area contributed by atoms with E-state index >= 15 is 0 Å². The standard InChI is InChI=1S/C31H35N3O3/c1-21-6-12-26(32-30(35)31(14-15-31)25-11-13-28-29(18-25)37-20-36-28)19-27(21)24-9-7-23(8-10-24)22(2)34(5)17-16-33(3)4/h6-13,18-19H,2,14-17,20H2,1,3-5H3,(H,32,35). The number of nitrogens with one attached hydrogen (secondary N) is 1. The van der Waals surface area contributed by atoms with Crippen LogP contribution in [-0.4, -0.2) is 56.7 Å². The molecule has 3 aromatic rings. The van der Waals surface area contributed by atoms with E-state index in [4.69, 9.17) is 9.47 Å². The Morgan fingerprint density at radius 1 is 0.946 bits per heavy atom. The number of hydrogen-bond acceptors (Lipinski definition) is 5. The van der Waals surface area contributed by atoms with Crippen LogP contribution in [0.15, 0.2) is 67.2 Å². The first-order valence-corrected chi connectivity index (χ1v) is 12.7. The second-order valence-electron chi connectivity index (χ2n) is 10.4. The van der Waals surface area contributed by atoms with Crippen LogP contribution in [0.25, 0.3) is 16.8 Å². The van der Waals surface area contributed by atoms with Gasteiger partial charge >= 0.3 is 0 Å². The highest BCUT2D eigenvalue weighted by Gasteiger charge is 2.51. The zero-order valence-electron chi connectivity index (χ0n) is 22.1. The molecule has 0 spiro atoms. The van der Waals surface area contributed by atoms with E-state index < -0.39 is 5.41 Å². The smallest absolute Gasteiger partial charge is 0.235 e. The van der Waals surface area contributed by atoms with Crippen molar-refractivity contribution < 1.29 is 14.3 Å². The molecular weight excluding hydrogens is 462 g/mol. The van der Waals surface area contributed by atoms with Gasteiger partial charge in [0.2, 0.25) is 12.7 Å². The molecule has 1 fully saturated rings. The fraction of sp³-hybridized carbons (Fsp3) is 0.323. The zero-order chi connectivity index (χ0) is 26.2. The summed E-state index contributed by atoms with van der Waals surface area (Å²) in [6.45, 7) is 8.50. The van der Waals surface area contributed by atoms with Crippen LogP contribution in [0.5, 0.6) is 11.5 Å². The van der Waals surface area contributed by atoms with Crippen molar-refractivity contribution in [2.24, 2.45) is 0 Å². The Balaban J connectivity index is 1.31. The maximum Gasteiger partial charge on any atom is 0.235 e. The highest BCUT2D eigenvalue weighted by Crippen LogP contribution is 2.51. The average molecular weight is 498 g/mol. The maximum absolute atomic E-state index is 13.4.